The molecule has 2 amide bonds. The molecule has 0 unspecified atom stereocenters. The maximum Gasteiger partial charge on any atom is 0.254 e. The van der Waals surface area contributed by atoms with Gasteiger partial charge in [0.05, 0.1) is 11.4 Å². The van der Waals surface area contributed by atoms with Crippen molar-refractivity contribution >= 4 is 11.8 Å². The van der Waals surface area contributed by atoms with Crippen LogP contribution in [-0.4, -0.2) is 39.6 Å². The van der Waals surface area contributed by atoms with Gasteiger partial charge in [-0.05, 0) is 61.7 Å². The average Bonchev–Trinajstić information content (AvgIpc) is 3.51. The van der Waals surface area contributed by atoms with Gasteiger partial charge in [0.2, 0.25) is 0 Å². The number of hydrogen-bond acceptors (Lipinski definition) is 3. The van der Waals surface area contributed by atoms with Gasteiger partial charge in [-0.25, -0.2) is 4.68 Å². The molecule has 3 aromatic rings. The Hall–Kier alpha value is -3.41. The van der Waals surface area contributed by atoms with E-state index in [0.29, 0.717) is 17.7 Å². The summed E-state index contributed by atoms with van der Waals surface area (Å²) >= 11 is 0. The molecular formula is C23H24N4O2. The smallest absolute Gasteiger partial charge is 0.254 e. The standard InChI is InChI=1S/C23H24N4O2/c1-16-12-13-27(25-16)21-5-3-4-19(14-21)23(29)26(20-10-11-20)15-17-6-8-18(9-7-17)22(28)24-2/h3-9,12-14,20H,10-11,15H2,1-2H3,(H,24,28). The summed E-state index contributed by atoms with van der Waals surface area (Å²) in [5, 5.41) is 7.05. The predicted molar refractivity (Wildman–Crippen MR) is 111 cm³/mol. The number of hydrogen-bond donors (Lipinski definition) is 1. The zero-order valence-corrected chi connectivity index (χ0v) is 16.6. The molecule has 1 aromatic heterocycles. The molecule has 0 atom stereocenters. The molecule has 1 N–H and O–H groups in total. The van der Waals surface area contributed by atoms with Crippen molar-refractivity contribution in [3.05, 3.63) is 83.2 Å². The van der Waals surface area contributed by atoms with Crippen LogP contribution in [0.25, 0.3) is 5.69 Å². The van der Waals surface area contributed by atoms with Gasteiger partial charge in [0, 0.05) is 37.0 Å². The fourth-order valence-corrected chi connectivity index (χ4v) is 3.36. The Morgan fingerprint density at radius 2 is 1.86 bits per heavy atom. The SMILES string of the molecule is CNC(=O)c1ccc(CN(C(=O)c2cccc(-n3ccc(C)n3)c2)C2CC2)cc1. The van der Waals surface area contributed by atoms with Gasteiger partial charge < -0.3 is 10.2 Å². The number of amides is 2. The summed E-state index contributed by atoms with van der Waals surface area (Å²) in [6.45, 7) is 2.47. The zero-order valence-electron chi connectivity index (χ0n) is 16.6. The lowest BCUT2D eigenvalue weighted by Crippen LogP contribution is -2.32. The Morgan fingerprint density at radius 3 is 2.48 bits per heavy atom. The molecule has 1 heterocycles. The molecule has 1 saturated carbocycles. The molecule has 0 saturated heterocycles. The van der Waals surface area contributed by atoms with Crippen LogP contribution in [0.5, 0.6) is 0 Å². The van der Waals surface area contributed by atoms with Gasteiger partial charge >= 0.3 is 0 Å². The predicted octanol–water partition coefficient (Wildman–Crippen LogP) is 3.35. The first-order valence-electron chi connectivity index (χ1n) is 9.80. The van der Waals surface area contributed by atoms with Crippen LogP contribution in [0.15, 0.2) is 60.8 Å². The van der Waals surface area contributed by atoms with E-state index >= 15 is 0 Å². The van der Waals surface area contributed by atoms with Gasteiger partial charge in [0.15, 0.2) is 0 Å². The zero-order chi connectivity index (χ0) is 20.4. The number of nitrogens with zero attached hydrogens (tertiary/aromatic N) is 3. The second kappa shape index (κ2) is 7.91. The first-order valence-corrected chi connectivity index (χ1v) is 9.80. The third-order valence-electron chi connectivity index (χ3n) is 5.12. The first kappa shape index (κ1) is 18.9. The largest absolute Gasteiger partial charge is 0.355 e. The highest BCUT2D eigenvalue weighted by atomic mass is 16.2. The van der Waals surface area contributed by atoms with Crippen LogP contribution in [0.4, 0.5) is 0 Å². The molecule has 148 valence electrons. The van der Waals surface area contributed by atoms with Gasteiger partial charge in [0.1, 0.15) is 0 Å². The van der Waals surface area contributed by atoms with Crippen molar-refractivity contribution < 1.29 is 9.59 Å². The summed E-state index contributed by atoms with van der Waals surface area (Å²) < 4.78 is 1.78. The monoisotopic (exact) mass is 388 g/mol. The Balaban J connectivity index is 1.55. The fraction of sp³-hybridized carbons (Fsp3) is 0.261. The average molecular weight is 388 g/mol. The molecule has 1 fully saturated rings. The molecule has 2 aromatic carbocycles. The minimum Gasteiger partial charge on any atom is -0.355 e. The highest BCUT2D eigenvalue weighted by Crippen LogP contribution is 2.30. The highest BCUT2D eigenvalue weighted by molar-refractivity contribution is 5.95. The van der Waals surface area contributed by atoms with Crippen molar-refractivity contribution in [1.29, 1.82) is 0 Å². The molecule has 4 rings (SSSR count). The number of aromatic nitrogens is 2. The maximum absolute atomic E-state index is 13.3. The molecule has 0 spiro atoms. The first-order chi connectivity index (χ1) is 14.0. The maximum atomic E-state index is 13.3. The molecule has 0 aliphatic heterocycles. The van der Waals surface area contributed by atoms with E-state index in [1.165, 1.54) is 0 Å². The van der Waals surface area contributed by atoms with Crippen LogP contribution in [0, 0.1) is 6.92 Å². The Kier molecular flexibility index (Phi) is 5.16. The normalized spacial score (nSPS) is 13.2. The second-order valence-corrected chi connectivity index (χ2v) is 7.39. The van der Waals surface area contributed by atoms with E-state index < -0.39 is 0 Å². The van der Waals surface area contributed by atoms with Crippen LogP contribution in [-0.2, 0) is 6.54 Å². The third-order valence-corrected chi connectivity index (χ3v) is 5.12. The topological polar surface area (TPSA) is 67.2 Å². The quantitative estimate of drug-likeness (QED) is 0.704. The molecule has 0 radical (unpaired) electrons. The lowest BCUT2D eigenvalue weighted by Gasteiger charge is -2.23. The number of benzene rings is 2. The molecular weight excluding hydrogens is 364 g/mol. The summed E-state index contributed by atoms with van der Waals surface area (Å²) in [6, 6.07) is 17.2. The summed E-state index contributed by atoms with van der Waals surface area (Å²) in [7, 11) is 1.61. The summed E-state index contributed by atoms with van der Waals surface area (Å²) in [5.41, 5.74) is 4.08. The van der Waals surface area contributed by atoms with Crippen LogP contribution >= 0.6 is 0 Å². The summed E-state index contributed by atoms with van der Waals surface area (Å²) in [6.07, 6.45) is 3.95. The van der Waals surface area contributed by atoms with E-state index in [2.05, 4.69) is 10.4 Å². The van der Waals surface area contributed by atoms with Gasteiger partial charge in [-0.15, -0.1) is 0 Å². The van der Waals surface area contributed by atoms with Crippen LogP contribution in [0.1, 0.15) is 44.8 Å². The van der Waals surface area contributed by atoms with Crippen molar-refractivity contribution in [2.75, 3.05) is 7.05 Å². The van der Waals surface area contributed by atoms with E-state index in [-0.39, 0.29) is 17.9 Å². The van der Waals surface area contributed by atoms with E-state index in [1.54, 1.807) is 23.9 Å². The minimum absolute atomic E-state index is 0.0219. The lowest BCUT2D eigenvalue weighted by molar-refractivity contribution is 0.0729. The van der Waals surface area contributed by atoms with E-state index in [1.807, 2.05) is 60.5 Å². The van der Waals surface area contributed by atoms with Crippen molar-refractivity contribution in [1.82, 2.24) is 20.0 Å². The van der Waals surface area contributed by atoms with Crippen molar-refractivity contribution in [2.24, 2.45) is 0 Å². The van der Waals surface area contributed by atoms with Crippen LogP contribution < -0.4 is 5.32 Å². The summed E-state index contributed by atoms with van der Waals surface area (Å²) in [5.74, 6) is -0.0917. The van der Waals surface area contributed by atoms with Gasteiger partial charge in [0.25, 0.3) is 11.8 Å². The molecule has 1 aliphatic rings. The summed E-state index contributed by atoms with van der Waals surface area (Å²) in [4.78, 5) is 26.9. The minimum atomic E-state index is -0.114. The molecule has 1 aliphatic carbocycles. The van der Waals surface area contributed by atoms with E-state index in [0.717, 1.165) is 29.8 Å². The number of rotatable bonds is 6. The molecule has 29 heavy (non-hydrogen) atoms. The van der Waals surface area contributed by atoms with Crippen molar-refractivity contribution in [3.63, 3.8) is 0 Å². The van der Waals surface area contributed by atoms with Gasteiger partial charge in [-0.3, -0.25) is 9.59 Å². The third kappa shape index (κ3) is 4.21. The van der Waals surface area contributed by atoms with Crippen molar-refractivity contribution in [3.8, 4) is 5.69 Å². The number of carbonyl (C=O) groups is 2. The molecule has 0 bridgehead atoms. The van der Waals surface area contributed by atoms with Gasteiger partial charge in [-0.1, -0.05) is 18.2 Å². The van der Waals surface area contributed by atoms with Crippen LogP contribution in [0.2, 0.25) is 0 Å². The fourth-order valence-electron chi connectivity index (χ4n) is 3.36. The molecule has 6 nitrogen and oxygen atoms in total. The van der Waals surface area contributed by atoms with Gasteiger partial charge in [-0.2, -0.15) is 5.10 Å². The van der Waals surface area contributed by atoms with Crippen molar-refractivity contribution in [2.45, 2.75) is 32.4 Å². The Morgan fingerprint density at radius 1 is 1.10 bits per heavy atom. The van der Waals surface area contributed by atoms with E-state index in [9.17, 15) is 9.59 Å². The molecule has 6 heteroatoms. The number of aryl methyl sites for hydroxylation is 1. The lowest BCUT2D eigenvalue weighted by atomic mass is 10.1. The van der Waals surface area contributed by atoms with Crippen LogP contribution in [0.3, 0.4) is 0 Å². The second-order valence-electron chi connectivity index (χ2n) is 7.39. The Bertz CT molecular complexity index is 1040. The van der Waals surface area contributed by atoms with E-state index in [4.69, 9.17) is 0 Å². The number of nitrogens with one attached hydrogen (secondary N) is 1. The number of carbonyl (C=O) groups excluding carboxylic acids is 2. The Labute approximate surface area is 170 Å². The highest BCUT2D eigenvalue weighted by Gasteiger charge is 2.33.